The number of rotatable bonds is 2. The molecule has 0 saturated carbocycles. The molecule has 1 N–H and O–H groups in total. The van der Waals surface area contributed by atoms with Crippen LogP contribution in [0.15, 0.2) is 12.1 Å². The van der Waals surface area contributed by atoms with Crippen molar-refractivity contribution < 1.29 is 9.90 Å². The van der Waals surface area contributed by atoms with Gasteiger partial charge in [0.15, 0.2) is 0 Å². The van der Waals surface area contributed by atoms with Crippen molar-refractivity contribution >= 4 is 11.6 Å². The lowest BCUT2D eigenvalue weighted by Crippen LogP contribution is -2.32. The maximum Gasteiger partial charge on any atom is 0.227 e. The first-order chi connectivity index (χ1) is 7.79. The van der Waals surface area contributed by atoms with Crippen LogP contribution >= 0.6 is 0 Å². The molecule has 0 bridgehead atoms. The number of aryl methyl sites for hydroxylation is 1. The lowest BCUT2D eigenvalue weighted by atomic mass is 9.96. The second kappa shape index (κ2) is 3.59. The fraction of sp³-hybridized carbons (Fsp3) is 0.462. The summed E-state index contributed by atoms with van der Waals surface area (Å²) in [6.45, 7) is 1.03. The van der Waals surface area contributed by atoms with Gasteiger partial charge in [0.05, 0.1) is 5.69 Å². The smallest absolute Gasteiger partial charge is 0.227 e. The molecule has 0 aliphatic carbocycles. The van der Waals surface area contributed by atoms with Crippen LogP contribution in [0.2, 0.25) is 0 Å². The third-order valence-corrected chi connectivity index (χ3v) is 3.51. The quantitative estimate of drug-likeness (QED) is 0.804. The Kier molecular flexibility index (Phi) is 2.21. The number of hydrogen-bond acceptors (Lipinski definition) is 2. The molecule has 84 valence electrons. The summed E-state index contributed by atoms with van der Waals surface area (Å²) in [6, 6.07) is 4.30. The molecule has 3 nitrogen and oxygen atoms in total. The van der Waals surface area contributed by atoms with Gasteiger partial charge in [-0.2, -0.15) is 0 Å². The molecule has 16 heavy (non-hydrogen) atoms. The Labute approximate surface area is 94.7 Å². The van der Waals surface area contributed by atoms with Crippen molar-refractivity contribution in [3.8, 4) is 0 Å². The van der Waals surface area contributed by atoms with E-state index in [1.807, 2.05) is 4.90 Å². The molecule has 0 spiro atoms. The summed E-state index contributed by atoms with van der Waals surface area (Å²) in [6.07, 6.45) is 3.17. The van der Waals surface area contributed by atoms with E-state index in [9.17, 15) is 4.79 Å². The topological polar surface area (TPSA) is 40.5 Å². The summed E-state index contributed by atoms with van der Waals surface area (Å²) in [7, 11) is 0. The zero-order valence-corrected chi connectivity index (χ0v) is 9.20. The molecular weight excluding hydrogens is 202 g/mol. The molecule has 0 radical (unpaired) electrons. The van der Waals surface area contributed by atoms with E-state index in [0.29, 0.717) is 12.8 Å². The lowest BCUT2D eigenvalue weighted by Gasteiger charge is -2.25. The molecule has 0 unspecified atom stereocenters. The molecule has 3 rings (SSSR count). The van der Waals surface area contributed by atoms with Gasteiger partial charge < -0.3 is 10.0 Å². The second-order valence-corrected chi connectivity index (χ2v) is 4.53. The number of amides is 1. The fourth-order valence-corrected chi connectivity index (χ4v) is 2.80. The number of carbonyl (C=O) groups is 1. The van der Waals surface area contributed by atoms with Gasteiger partial charge in [-0.1, -0.05) is 12.1 Å². The summed E-state index contributed by atoms with van der Waals surface area (Å²) in [5.74, 6) is 0.265. The molecule has 3 heteroatoms. The summed E-state index contributed by atoms with van der Waals surface area (Å²) in [5, 5.41) is 8.98. The summed E-state index contributed by atoms with van der Waals surface area (Å²) in [4.78, 5) is 13.6. The van der Waals surface area contributed by atoms with Crippen LogP contribution in [0, 0.1) is 0 Å². The van der Waals surface area contributed by atoms with Crippen molar-refractivity contribution in [3.63, 3.8) is 0 Å². The monoisotopic (exact) mass is 217 g/mol. The molecular formula is C13H15NO2. The lowest BCUT2D eigenvalue weighted by molar-refractivity contribution is -0.118. The molecule has 2 aliphatic rings. The maximum absolute atomic E-state index is 11.7. The Morgan fingerprint density at radius 3 is 2.69 bits per heavy atom. The molecule has 0 saturated heterocycles. The summed E-state index contributed by atoms with van der Waals surface area (Å²) in [5.41, 5.74) is 4.94. The summed E-state index contributed by atoms with van der Waals surface area (Å²) < 4.78 is 0. The Morgan fingerprint density at radius 2 is 1.94 bits per heavy atom. The largest absolute Gasteiger partial charge is 0.396 e. The van der Waals surface area contributed by atoms with Crippen molar-refractivity contribution in [2.45, 2.75) is 25.7 Å². The van der Waals surface area contributed by atoms with Gasteiger partial charge >= 0.3 is 0 Å². The van der Waals surface area contributed by atoms with Gasteiger partial charge in [-0.05, 0) is 36.0 Å². The van der Waals surface area contributed by atoms with Crippen molar-refractivity contribution in [1.29, 1.82) is 0 Å². The average molecular weight is 217 g/mol. The third-order valence-electron chi connectivity index (χ3n) is 3.51. The molecule has 1 aromatic carbocycles. The van der Waals surface area contributed by atoms with Crippen molar-refractivity contribution in [3.05, 3.63) is 28.8 Å². The van der Waals surface area contributed by atoms with Gasteiger partial charge in [0.1, 0.15) is 0 Å². The van der Waals surface area contributed by atoms with Gasteiger partial charge in [-0.3, -0.25) is 4.79 Å². The maximum atomic E-state index is 11.7. The van der Waals surface area contributed by atoms with Crippen molar-refractivity contribution in [2.24, 2.45) is 0 Å². The highest BCUT2D eigenvalue weighted by Gasteiger charge is 2.31. The first-order valence-corrected chi connectivity index (χ1v) is 5.85. The number of anilines is 1. The fourth-order valence-electron chi connectivity index (χ4n) is 2.80. The van der Waals surface area contributed by atoms with E-state index in [4.69, 9.17) is 5.11 Å². The van der Waals surface area contributed by atoms with Crippen LogP contribution in [0.4, 0.5) is 5.69 Å². The van der Waals surface area contributed by atoms with Gasteiger partial charge in [0.25, 0.3) is 0 Å². The zero-order chi connectivity index (χ0) is 11.1. The van der Waals surface area contributed by atoms with E-state index in [-0.39, 0.29) is 12.5 Å². The van der Waals surface area contributed by atoms with Crippen molar-refractivity contribution in [1.82, 2.24) is 0 Å². The molecule has 0 atom stereocenters. The molecule has 1 aromatic rings. The van der Waals surface area contributed by atoms with Gasteiger partial charge in [0, 0.05) is 19.6 Å². The van der Waals surface area contributed by atoms with Gasteiger partial charge in [-0.25, -0.2) is 0 Å². The predicted octanol–water partition coefficient (Wildman–Crippen LogP) is 1.06. The molecule has 0 aromatic heterocycles. The first kappa shape index (κ1) is 9.85. The Hall–Kier alpha value is -1.35. The van der Waals surface area contributed by atoms with Crippen LogP contribution in [0.1, 0.15) is 23.1 Å². The van der Waals surface area contributed by atoms with Crippen LogP contribution in [0.5, 0.6) is 0 Å². The minimum atomic E-state index is 0.195. The number of aliphatic hydroxyl groups excluding tert-OH is 1. The zero-order valence-electron chi connectivity index (χ0n) is 9.20. The van der Waals surface area contributed by atoms with E-state index in [2.05, 4.69) is 12.1 Å². The number of nitrogens with zero attached hydrogens (tertiary/aromatic N) is 1. The first-order valence-electron chi connectivity index (χ1n) is 5.85. The molecule has 2 heterocycles. The minimum Gasteiger partial charge on any atom is -0.396 e. The van der Waals surface area contributed by atoms with Crippen LogP contribution in [-0.2, 0) is 24.1 Å². The number of benzene rings is 1. The van der Waals surface area contributed by atoms with Crippen LogP contribution in [0.3, 0.4) is 0 Å². The Morgan fingerprint density at radius 1 is 1.19 bits per heavy atom. The van der Waals surface area contributed by atoms with Gasteiger partial charge in [0.2, 0.25) is 5.91 Å². The van der Waals surface area contributed by atoms with Gasteiger partial charge in [-0.15, -0.1) is 0 Å². The normalized spacial score (nSPS) is 17.8. The minimum absolute atomic E-state index is 0.195. The molecule has 1 amide bonds. The highest BCUT2D eigenvalue weighted by atomic mass is 16.3. The highest BCUT2D eigenvalue weighted by Crippen LogP contribution is 2.37. The predicted molar refractivity (Wildman–Crippen MR) is 61.6 cm³/mol. The number of hydrogen-bond donors (Lipinski definition) is 1. The summed E-state index contributed by atoms with van der Waals surface area (Å²) >= 11 is 0. The van der Waals surface area contributed by atoms with E-state index >= 15 is 0 Å². The average Bonchev–Trinajstić information content (AvgIpc) is 2.69. The number of aliphatic hydroxyl groups is 1. The van der Waals surface area contributed by atoms with Crippen LogP contribution in [0.25, 0.3) is 0 Å². The SMILES string of the molecule is O=C1CCc2cc(CCO)cc3c2N1CC3. The van der Waals surface area contributed by atoms with E-state index in [1.165, 1.54) is 16.7 Å². The highest BCUT2D eigenvalue weighted by molar-refractivity contribution is 5.98. The molecule has 2 aliphatic heterocycles. The second-order valence-electron chi connectivity index (χ2n) is 4.53. The Balaban J connectivity index is 2.09. The van der Waals surface area contributed by atoms with Crippen LogP contribution < -0.4 is 4.90 Å². The van der Waals surface area contributed by atoms with Crippen molar-refractivity contribution in [2.75, 3.05) is 18.1 Å². The van der Waals surface area contributed by atoms with E-state index in [0.717, 1.165) is 25.1 Å². The Bertz CT molecular complexity index is 453. The third kappa shape index (κ3) is 1.35. The standard InChI is InChI=1S/C13H15NO2/c15-6-4-9-7-10-1-2-12(16)14-5-3-11(8-9)13(10)14/h7-8,15H,1-6H2. The van der Waals surface area contributed by atoms with E-state index < -0.39 is 0 Å². The molecule has 0 fully saturated rings. The number of carbonyl (C=O) groups excluding carboxylic acids is 1. The van der Waals surface area contributed by atoms with Crippen LogP contribution in [-0.4, -0.2) is 24.2 Å². The van der Waals surface area contributed by atoms with E-state index in [1.54, 1.807) is 0 Å².